The van der Waals surface area contributed by atoms with Gasteiger partial charge in [-0.2, -0.15) is 0 Å². The van der Waals surface area contributed by atoms with E-state index in [0.29, 0.717) is 6.54 Å². The molecular weight excluding hydrogens is 280 g/mol. The van der Waals surface area contributed by atoms with Crippen molar-refractivity contribution in [2.45, 2.75) is 29.5 Å². The summed E-state index contributed by atoms with van der Waals surface area (Å²) in [6.45, 7) is 0.525. The van der Waals surface area contributed by atoms with Crippen LogP contribution in [0.15, 0.2) is 53.4 Å². The van der Waals surface area contributed by atoms with Gasteiger partial charge in [0.25, 0.3) is 0 Å². The van der Waals surface area contributed by atoms with Gasteiger partial charge in [0.1, 0.15) is 0 Å². The van der Waals surface area contributed by atoms with Crippen molar-refractivity contribution in [1.82, 2.24) is 0 Å². The normalized spacial score (nSPS) is 17.8. The molecule has 1 aliphatic heterocycles. The molecule has 0 spiro atoms. The number of nitrogens with one attached hydrogen (secondary N) is 1. The fourth-order valence-electron chi connectivity index (χ4n) is 2.51. The van der Waals surface area contributed by atoms with Gasteiger partial charge in [-0.05, 0) is 42.2 Å². The Morgan fingerprint density at radius 1 is 1.19 bits per heavy atom. The van der Waals surface area contributed by atoms with Crippen LogP contribution >= 0.6 is 11.8 Å². The Kier molecular flexibility index (Phi) is 4.27. The van der Waals surface area contributed by atoms with Crippen molar-refractivity contribution < 1.29 is 4.79 Å². The SMILES string of the molecule is NCc1cccc(SC2CCc3ccccc3NC2=O)c1. The van der Waals surface area contributed by atoms with Gasteiger partial charge in [0.05, 0.1) is 5.25 Å². The number of amides is 1. The Hall–Kier alpha value is -1.78. The number of hydrogen-bond donors (Lipinski definition) is 2. The van der Waals surface area contributed by atoms with E-state index in [1.54, 1.807) is 11.8 Å². The van der Waals surface area contributed by atoms with E-state index in [1.165, 1.54) is 5.56 Å². The molecule has 3 nitrogen and oxygen atoms in total. The molecule has 1 amide bonds. The zero-order valence-electron chi connectivity index (χ0n) is 11.7. The number of benzene rings is 2. The lowest BCUT2D eigenvalue weighted by Gasteiger charge is -2.13. The second kappa shape index (κ2) is 6.33. The maximum atomic E-state index is 12.4. The minimum atomic E-state index is -0.0644. The quantitative estimate of drug-likeness (QED) is 0.915. The van der Waals surface area contributed by atoms with Crippen LogP contribution in [0.25, 0.3) is 0 Å². The molecule has 108 valence electrons. The number of hydrogen-bond acceptors (Lipinski definition) is 3. The number of nitrogens with two attached hydrogens (primary N) is 1. The summed E-state index contributed by atoms with van der Waals surface area (Å²) < 4.78 is 0. The molecule has 0 fully saturated rings. The third kappa shape index (κ3) is 3.28. The van der Waals surface area contributed by atoms with E-state index < -0.39 is 0 Å². The molecule has 0 radical (unpaired) electrons. The minimum Gasteiger partial charge on any atom is -0.326 e. The van der Waals surface area contributed by atoms with E-state index in [9.17, 15) is 4.79 Å². The van der Waals surface area contributed by atoms with Gasteiger partial charge in [-0.15, -0.1) is 11.8 Å². The van der Waals surface area contributed by atoms with Crippen LogP contribution in [-0.2, 0) is 17.8 Å². The maximum Gasteiger partial charge on any atom is 0.237 e. The molecule has 2 aromatic rings. The van der Waals surface area contributed by atoms with Crippen LogP contribution in [0.5, 0.6) is 0 Å². The predicted octanol–water partition coefficient (Wildman–Crippen LogP) is 3.19. The number of para-hydroxylation sites is 1. The first-order valence-corrected chi connectivity index (χ1v) is 7.98. The van der Waals surface area contributed by atoms with E-state index >= 15 is 0 Å². The molecular formula is C17H18N2OS. The van der Waals surface area contributed by atoms with Crippen molar-refractivity contribution in [2.24, 2.45) is 5.73 Å². The van der Waals surface area contributed by atoms with E-state index in [1.807, 2.05) is 36.4 Å². The molecule has 3 N–H and O–H groups in total. The van der Waals surface area contributed by atoms with Crippen molar-refractivity contribution in [2.75, 3.05) is 5.32 Å². The van der Waals surface area contributed by atoms with Crippen LogP contribution in [0.3, 0.4) is 0 Å². The summed E-state index contributed by atoms with van der Waals surface area (Å²) in [7, 11) is 0. The van der Waals surface area contributed by atoms with Crippen LogP contribution in [0, 0.1) is 0 Å². The third-order valence-electron chi connectivity index (χ3n) is 3.66. The molecule has 21 heavy (non-hydrogen) atoms. The molecule has 0 aromatic heterocycles. The number of aryl methyl sites for hydroxylation is 1. The van der Waals surface area contributed by atoms with Crippen LogP contribution < -0.4 is 11.1 Å². The molecule has 0 bridgehead atoms. The number of rotatable bonds is 3. The average Bonchev–Trinajstić information content (AvgIpc) is 2.67. The monoisotopic (exact) mass is 298 g/mol. The number of fused-ring (bicyclic) bond motifs is 1. The van der Waals surface area contributed by atoms with Crippen molar-refractivity contribution in [3.8, 4) is 0 Å². The Bertz CT molecular complexity index is 657. The van der Waals surface area contributed by atoms with Crippen molar-refractivity contribution in [3.63, 3.8) is 0 Å². The Labute approximate surface area is 128 Å². The topological polar surface area (TPSA) is 55.1 Å². The summed E-state index contributed by atoms with van der Waals surface area (Å²) in [6, 6.07) is 16.1. The van der Waals surface area contributed by atoms with Crippen molar-refractivity contribution in [1.29, 1.82) is 0 Å². The van der Waals surface area contributed by atoms with Gasteiger partial charge in [0.2, 0.25) is 5.91 Å². The van der Waals surface area contributed by atoms with Crippen molar-refractivity contribution in [3.05, 3.63) is 59.7 Å². The Balaban J connectivity index is 1.76. The Morgan fingerprint density at radius 3 is 2.90 bits per heavy atom. The standard InChI is InChI=1S/C17H18N2OS/c18-11-12-4-3-6-14(10-12)21-16-9-8-13-5-1-2-7-15(13)19-17(16)20/h1-7,10,16H,8-9,11,18H2,(H,19,20). The number of thioether (sulfide) groups is 1. The number of carbonyl (C=O) groups is 1. The first-order valence-electron chi connectivity index (χ1n) is 7.10. The van der Waals surface area contributed by atoms with Crippen LogP contribution in [0.2, 0.25) is 0 Å². The molecule has 1 atom stereocenters. The molecule has 1 aliphatic rings. The largest absolute Gasteiger partial charge is 0.326 e. The van der Waals surface area contributed by atoms with Gasteiger partial charge < -0.3 is 11.1 Å². The molecule has 0 saturated carbocycles. The lowest BCUT2D eigenvalue weighted by Crippen LogP contribution is -2.23. The molecule has 0 aliphatic carbocycles. The van der Waals surface area contributed by atoms with Gasteiger partial charge in [-0.1, -0.05) is 30.3 Å². The highest BCUT2D eigenvalue weighted by Gasteiger charge is 2.24. The van der Waals surface area contributed by atoms with E-state index in [2.05, 4.69) is 17.4 Å². The first-order chi connectivity index (χ1) is 10.3. The molecule has 4 heteroatoms. The second-order valence-corrected chi connectivity index (χ2v) is 6.42. The summed E-state index contributed by atoms with van der Waals surface area (Å²) in [5.74, 6) is 0.0862. The summed E-state index contributed by atoms with van der Waals surface area (Å²) in [4.78, 5) is 13.5. The highest BCUT2D eigenvalue weighted by atomic mass is 32.2. The second-order valence-electron chi connectivity index (χ2n) is 5.14. The van der Waals surface area contributed by atoms with Crippen LogP contribution in [0.1, 0.15) is 17.5 Å². The van der Waals surface area contributed by atoms with Crippen molar-refractivity contribution >= 4 is 23.4 Å². The van der Waals surface area contributed by atoms with E-state index in [0.717, 1.165) is 29.0 Å². The zero-order chi connectivity index (χ0) is 14.7. The summed E-state index contributed by atoms with van der Waals surface area (Å²) in [5.41, 5.74) is 8.93. The van der Waals surface area contributed by atoms with Gasteiger partial charge in [0.15, 0.2) is 0 Å². The fraction of sp³-hybridized carbons (Fsp3) is 0.235. The van der Waals surface area contributed by atoms with Gasteiger partial charge >= 0.3 is 0 Å². The average molecular weight is 298 g/mol. The van der Waals surface area contributed by atoms with E-state index in [-0.39, 0.29) is 11.2 Å². The maximum absolute atomic E-state index is 12.4. The number of carbonyl (C=O) groups excluding carboxylic acids is 1. The molecule has 3 rings (SSSR count). The minimum absolute atomic E-state index is 0.0644. The lowest BCUT2D eigenvalue weighted by molar-refractivity contribution is -0.115. The summed E-state index contributed by atoms with van der Waals surface area (Å²) >= 11 is 1.62. The first kappa shape index (κ1) is 14.2. The smallest absolute Gasteiger partial charge is 0.237 e. The summed E-state index contributed by atoms with van der Waals surface area (Å²) in [6.07, 6.45) is 1.77. The molecule has 2 aromatic carbocycles. The summed E-state index contributed by atoms with van der Waals surface area (Å²) in [5, 5.41) is 2.97. The third-order valence-corrected chi connectivity index (χ3v) is 4.92. The molecule has 1 unspecified atom stereocenters. The molecule has 1 heterocycles. The van der Waals surface area contributed by atoms with Gasteiger partial charge in [-0.25, -0.2) is 0 Å². The zero-order valence-corrected chi connectivity index (χ0v) is 12.5. The van der Waals surface area contributed by atoms with Gasteiger partial charge in [0, 0.05) is 17.1 Å². The number of anilines is 1. The predicted molar refractivity (Wildman–Crippen MR) is 87.4 cm³/mol. The lowest BCUT2D eigenvalue weighted by atomic mass is 10.1. The fourth-order valence-corrected chi connectivity index (χ4v) is 3.62. The van der Waals surface area contributed by atoms with E-state index in [4.69, 9.17) is 5.73 Å². The Morgan fingerprint density at radius 2 is 2.05 bits per heavy atom. The van der Waals surface area contributed by atoms with Crippen LogP contribution in [-0.4, -0.2) is 11.2 Å². The highest BCUT2D eigenvalue weighted by molar-refractivity contribution is 8.00. The highest BCUT2D eigenvalue weighted by Crippen LogP contribution is 2.31. The van der Waals surface area contributed by atoms with Crippen LogP contribution in [0.4, 0.5) is 5.69 Å². The molecule has 0 saturated heterocycles. The van der Waals surface area contributed by atoms with Gasteiger partial charge in [-0.3, -0.25) is 4.79 Å².